The molecule has 4 nitrogen and oxygen atoms in total. The summed E-state index contributed by atoms with van der Waals surface area (Å²) in [6.45, 7) is 1.93. The Morgan fingerprint density at radius 2 is 2.00 bits per heavy atom. The molecule has 0 bridgehead atoms. The highest BCUT2D eigenvalue weighted by Gasteiger charge is 2.25. The van der Waals surface area contributed by atoms with Crippen LogP contribution < -0.4 is 10.6 Å². The molecular weight excluding hydrogens is 237 g/mol. The lowest BCUT2D eigenvalue weighted by Gasteiger charge is -2.13. The SMILES string of the molecule is C[C@H](CCO)NC(=O)NCCCCC(F)(F)F. The number of urea groups is 1. The third-order valence-electron chi connectivity index (χ3n) is 2.11. The number of rotatable bonds is 7. The molecule has 0 aromatic heterocycles. The molecular formula is C10H19F3N2O2. The lowest BCUT2D eigenvalue weighted by molar-refractivity contribution is -0.135. The zero-order chi connectivity index (χ0) is 13.3. The number of aliphatic hydroxyl groups is 1. The summed E-state index contributed by atoms with van der Waals surface area (Å²) >= 11 is 0. The monoisotopic (exact) mass is 256 g/mol. The van der Waals surface area contributed by atoms with E-state index in [9.17, 15) is 18.0 Å². The lowest BCUT2D eigenvalue weighted by Crippen LogP contribution is -2.41. The molecule has 102 valence electrons. The third kappa shape index (κ3) is 11.3. The van der Waals surface area contributed by atoms with Crippen molar-refractivity contribution >= 4 is 6.03 Å². The summed E-state index contributed by atoms with van der Waals surface area (Å²) in [6, 6.07) is -0.576. The Morgan fingerprint density at radius 1 is 1.35 bits per heavy atom. The van der Waals surface area contributed by atoms with Gasteiger partial charge in [-0.2, -0.15) is 13.2 Å². The number of aliphatic hydroxyl groups excluding tert-OH is 1. The minimum atomic E-state index is -4.13. The number of alkyl halides is 3. The van der Waals surface area contributed by atoms with Gasteiger partial charge < -0.3 is 15.7 Å². The number of carbonyl (C=O) groups is 1. The summed E-state index contributed by atoms with van der Waals surface area (Å²) in [5, 5.41) is 13.6. The molecule has 0 spiro atoms. The Kier molecular flexibility index (Phi) is 7.69. The first kappa shape index (κ1) is 16.0. The van der Waals surface area contributed by atoms with Crippen LogP contribution in [0.1, 0.15) is 32.6 Å². The Labute approximate surface area is 98.6 Å². The van der Waals surface area contributed by atoms with Gasteiger partial charge in [0.1, 0.15) is 0 Å². The molecule has 0 heterocycles. The largest absolute Gasteiger partial charge is 0.396 e. The van der Waals surface area contributed by atoms with Gasteiger partial charge in [-0.3, -0.25) is 0 Å². The van der Waals surface area contributed by atoms with Gasteiger partial charge in [-0.25, -0.2) is 4.79 Å². The van der Waals surface area contributed by atoms with E-state index in [-0.39, 0.29) is 25.6 Å². The number of hydrogen-bond donors (Lipinski definition) is 3. The fourth-order valence-electron chi connectivity index (χ4n) is 1.19. The van der Waals surface area contributed by atoms with E-state index in [1.807, 2.05) is 0 Å². The van der Waals surface area contributed by atoms with Crippen molar-refractivity contribution in [3.05, 3.63) is 0 Å². The molecule has 1 atom stereocenters. The van der Waals surface area contributed by atoms with E-state index in [1.165, 1.54) is 0 Å². The number of carbonyl (C=O) groups excluding carboxylic acids is 1. The van der Waals surface area contributed by atoms with Crippen molar-refractivity contribution in [3.63, 3.8) is 0 Å². The van der Waals surface area contributed by atoms with Gasteiger partial charge in [0.2, 0.25) is 0 Å². The normalized spacial score (nSPS) is 13.2. The van der Waals surface area contributed by atoms with E-state index in [0.717, 1.165) is 0 Å². The molecule has 0 aliphatic carbocycles. The topological polar surface area (TPSA) is 61.4 Å². The van der Waals surface area contributed by atoms with Gasteiger partial charge >= 0.3 is 12.2 Å². The van der Waals surface area contributed by atoms with Crippen LogP contribution in [0.4, 0.5) is 18.0 Å². The molecule has 0 aliphatic rings. The highest BCUT2D eigenvalue weighted by atomic mass is 19.4. The van der Waals surface area contributed by atoms with Crippen LogP contribution in [0.5, 0.6) is 0 Å². The number of amides is 2. The van der Waals surface area contributed by atoms with E-state index in [0.29, 0.717) is 12.8 Å². The van der Waals surface area contributed by atoms with Gasteiger partial charge in [0.15, 0.2) is 0 Å². The molecule has 7 heteroatoms. The van der Waals surface area contributed by atoms with Crippen molar-refractivity contribution in [1.29, 1.82) is 0 Å². The highest BCUT2D eigenvalue weighted by Crippen LogP contribution is 2.21. The number of unbranched alkanes of at least 4 members (excludes halogenated alkanes) is 1. The van der Waals surface area contributed by atoms with Crippen molar-refractivity contribution < 1.29 is 23.1 Å². The molecule has 0 radical (unpaired) electrons. The van der Waals surface area contributed by atoms with E-state index in [2.05, 4.69) is 10.6 Å². The zero-order valence-corrected chi connectivity index (χ0v) is 9.81. The fraction of sp³-hybridized carbons (Fsp3) is 0.900. The predicted octanol–water partition coefficient (Wildman–Crippen LogP) is 1.79. The van der Waals surface area contributed by atoms with E-state index >= 15 is 0 Å². The van der Waals surface area contributed by atoms with Crippen molar-refractivity contribution in [2.24, 2.45) is 0 Å². The maximum absolute atomic E-state index is 11.8. The fourth-order valence-corrected chi connectivity index (χ4v) is 1.19. The molecule has 0 saturated carbocycles. The summed E-state index contributed by atoms with van der Waals surface area (Å²) in [7, 11) is 0. The first-order valence-corrected chi connectivity index (χ1v) is 5.57. The van der Waals surface area contributed by atoms with Crippen molar-refractivity contribution in [2.75, 3.05) is 13.2 Å². The van der Waals surface area contributed by atoms with Gasteiger partial charge in [-0.15, -0.1) is 0 Å². The average molecular weight is 256 g/mol. The zero-order valence-electron chi connectivity index (χ0n) is 9.81. The van der Waals surface area contributed by atoms with E-state index in [4.69, 9.17) is 5.11 Å². The average Bonchev–Trinajstić information content (AvgIpc) is 2.15. The second kappa shape index (κ2) is 8.16. The van der Waals surface area contributed by atoms with Gasteiger partial charge in [-0.1, -0.05) is 0 Å². The molecule has 0 aromatic carbocycles. The second-order valence-electron chi connectivity index (χ2n) is 3.89. The van der Waals surface area contributed by atoms with Gasteiger partial charge in [0.05, 0.1) is 0 Å². The minimum absolute atomic E-state index is 0.00989. The molecule has 3 N–H and O–H groups in total. The quantitative estimate of drug-likeness (QED) is 0.608. The smallest absolute Gasteiger partial charge is 0.389 e. The molecule has 0 rings (SSSR count). The number of nitrogens with one attached hydrogen (secondary N) is 2. The van der Waals surface area contributed by atoms with E-state index in [1.54, 1.807) is 6.92 Å². The van der Waals surface area contributed by atoms with Crippen LogP contribution >= 0.6 is 0 Å². The Morgan fingerprint density at radius 3 is 2.53 bits per heavy atom. The first-order chi connectivity index (χ1) is 7.85. The second-order valence-corrected chi connectivity index (χ2v) is 3.89. The summed E-state index contributed by atoms with van der Waals surface area (Å²) in [4.78, 5) is 11.2. The molecule has 0 unspecified atom stereocenters. The number of hydrogen-bond acceptors (Lipinski definition) is 2. The van der Waals surface area contributed by atoms with Crippen LogP contribution in [0.3, 0.4) is 0 Å². The molecule has 17 heavy (non-hydrogen) atoms. The van der Waals surface area contributed by atoms with Crippen molar-refractivity contribution in [1.82, 2.24) is 10.6 Å². The molecule has 0 aromatic rings. The van der Waals surface area contributed by atoms with Crippen molar-refractivity contribution in [3.8, 4) is 0 Å². The maximum atomic E-state index is 11.8. The maximum Gasteiger partial charge on any atom is 0.389 e. The predicted molar refractivity (Wildman–Crippen MR) is 57.6 cm³/mol. The van der Waals surface area contributed by atoms with Crippen LogP contribution in [0.15, 0.2) is 0 Å². The first-order valence-electron chi connectivity index (χ1n) is 5.57. The van der Waals surface area contributed by atoms with Crippen LogP contribution in [0.2, 0.25) is 0 Å². The van der Waals surface area contributed by atoms with Gasteiger partial charge in [-0.05, 0) is 26.2 Å². The summed E-state index contributed by atoms with van der Waals surface area (Å²) in [5.74, 6) is 0. The Balaban J connectivity index is 3.46. The summed E-state index contributed by atoms with van der Waals surface area (Å²) in [5.41, 5.74) is 0. The number of halogens is 3. The summed E-state index contributed by atoms with van der Waals surface area (Å²) in [6.07, 6.45) is -4.20. The lowest BCUT2D eigenvalue weighted by atomic mass is 10.2. The van der Waals surface area contributed by atoms with Crippen LogP contribution in [0.25, 0.3) is 0 Å². The van der Waals surface area contributed by atoms with Crippen LogP contribution in [-0.4, -0.2) is 36.5 Å². The summed E-state index contributed by atoms with van der Waals surface area (Å²) < 4.78 is 35.3. The molecule has 2 amide bonds. The van der Waals surface area contributed by atoms with E-state index < -0.39 is 18.6 Å². The van der Waals surface area contributed by atoms with Crippen LogP contribution in [-0.2, 0) is 0 Å². The van der Waals surface area contributed by atoms with Gasteiger partial charge in [0, 0.05) is 25.6 Å². The minimum Gasteiger partial charge on any atom is -0.396 e. The Bertz CT molecular complexity index is 222. The molecule has 0 aliphatic heterocycles. The van der Waals surface area contributed by atoms with Gasteiger partial charge in [0.25, 0.3) is 0 Å². The Hall–Kier alpha value is -0.980. The molecule has 0 fully saturated rings. The third-order valence-corrected chi connectivity index (χ3v) is 2.11. The highest BCUT2D eigenvalue weighted by molar-refractivity contribution is 5.74. The molecule has 0 saturated heterocycles. The van der Waals surface area contributed by atoms with Crippen LogP contribution in [0, 0.1) is 0 Å². The van der Waals surface area contributed by atoms with Crippen molar-refractivity contribution in [2.45, 2.75) is 44.8 Å². The standard InChI is InChI=1S/C10H19F3N2O2/c1-8(4-7-16)15-9(17)14-6-3-2-5-10(11,12)13/h8,16H,2-7H2,1H3,(H2,14,15,17)/t8-/m1/s1.